The molecule has 2 aromatic rings. The van der Waals surface area contributed by atoms with Crippen molar-refractivity contribution in [2.24, 2.45) is 0 Å². The second kappa shape index (κ2) is 6.78. The Bertz CT molecular complexity index is 815. The number of benzene rings is 1. The number of nitrogens with one attached hydrogen (secondary N) is 1. The van der Waals surface area contributed by atoms with Crippen LogP contribution in [0.5, 0.6) is 0 Å². The van der Waals surface area contributed by atoms with Crippen LogP contribution in [0.3, 0.4) is 0 Å². The quantitative estimate of drug-likeness (QED) is 0.892. The van der Waals surface area contributed by atoms with E-state index in [0.29, 0.717) is 19.5 Å². The maximum Gasteiger partial charge on any atom is 0.256 e. The highest BCUT2D eigenvalue weighted by molar-refractivity contribution is 6.00. The van der Waals surface area contributed by atoms with E-state index in [4.69, 9.17) is 4.42 Å². The second-order valence-corrected chi connectivity index (χ2v) is 8.46. The van der Waals surface area contributed by atoms with Crippen LogP contribution in [0.2, 0.25) is 0 Å². The molecule has 1 aliphatic heterocycles. The molecule has 0 fully saturated rings. The molecule has 0 saturated carbocycles. The summed E-state index contributed by atoms with van der Waals surface area (Å²) < 4.78 is 5.94. The average Bonchev–Trinajstić information content (AvgIpc) is 2.99. The number of hydrogen-bond donors (Lipinski definition) is 1. The van der Waals surface area contributed by atoms with Crippen molar-refractivity contribution in [3.8, 4) is 0 Å². The number of hydrogen-bond acceptors (Lipinski definition) is 4. The van der Waals surface area contributed by atoms with Gasteiger partial charge in [0, 0.05) is 30.1 Å². The molecule has 5 nitrogen and oxygen atoms in total. The number of amides is 1. The minimum atomic E-state index is -0.128. The Kier molecular flexibility index (Phi) is 4.82. The topological polar surface area (TPSA) is 58.4 Å². The highest BCUT2D eigenvalue weighted by atomic mass is 16.4. The predicted octanol–water partition coefficient (Wildman–Crippen LogP) is 4.30. The summed E-state index contributed by atoms with van der Waals surface area (Å²) in [4.78, 5) is 19.7. The van der Waals surface area contributed by atoms with Crippen LogP contribution in [0, 0.1) is 6.92 Å². The predicted molar refractivity (Wildman–Crippen MR) is 104 cm³/mol. The van der Waals surface area contributed by atoms with Gasteiger partial charge < -0.3 is 14.6 Å². The first-order valence-electron chi connectivity index (χ1n) is 9.30. The van der Waals surface area contributed by atoms with E-state index in [-0.39, 0.29) is 17.4 Å². The summed E-state index contributed by atoms with van der Waals surface area (Å²) in [7, 11) is 0. The molecular formula is C21H29N3O2. The van der Waals surface area contributed by atoms with E-state index >= 15 is 0 Å². The van der Waals surface area contributed by atoms with Crippen LogP contribution in [0.15, 0.2) is 22.6 Å². The zero-order valence-electron chi connectivity index (χ0n) is 16.6. The molecule has 0 radical (unpaired) electrons. The number of rotatable bonds is 3. The first-order chi connectivity index (χ1) is 12.1. The molecular weight excluding hydrogens is 326 g/mol. The number of carbonyl (C=O) groups excluding carboxylic acids is 1. The van der Waals surface area contributed by atoms with Crippen molar-refractivity contribution < 1.29 is 9.21 Å². The lowest BCUT2D eigenvalue weighted by Gasteiger charge is -2.27. The Labute approximate surface area is 155 Å². The Morgan fingerprint density at radius 3 is 2.69 bits per heavy atom. The molecule has 0 spiro atoms. The molecule has 0 saturated heterocycles. The van der Waals surface area contributed by atoms with Crippen molar-refractivity contribution in [1.82, 2.24) is 9.88 Å². The summed E-state index contributed by atoms with van der Waals surface area (Å²) in [5.74, 6) is 1.71. The molecule has 1 aromatic carbocycles. The second-order valence-electron chi connectivity index (χ2n) is 8.46. The van der Waals surface area contributed by atoms with Crippen molar-refractivity contribution >= 4 is 11.6 Å². The van der Waals surface area contributed by atoms with Crippen LogP contribution in [-0.2, 0) is 18.4 Å². The van der Waals surface area contributed by atoms with Crippen LogP contribution in [-0.4, -0.2) is 28.4 Å². The minimum Gasteiger partial charge on any atom is -0.445 e. The molecule has 0 bridgehead atoms. The molecule has 1 N–H and O–H groups in total. The Balaban J connectivity index is 1.86. The number of carbonyl (C=O) groups is 1. The van der Waals surface area contributed by atoms with E-state index in [1.54, 1.807) is 0 Å². The molecule has 1 aliphatic rings. The summed E-state index contributed by atoms with van der Waals surface area (Å²) in [6, 6.07) is 6.25. The third-order valence-electron chi connectivity index (χ3n) is 4.51. The lowest BCUT2D eigenvalue weighted by molar-refractivity contribution is 0.0728. The maximum atomic E-state index is 13.2. The van der Waals surface area contributed by atoms with Gasteiger partial charge in [0.15, 0.2) is 5.89 Å². The van der Waals surface area contributed by atoms with E-state index in [9.17, 15) is 4.79 Å². The molecule has 3 rings (SSSR count). The Hall–Kier alpha value is -2.30. The van der Waals surface area contributed by atoms with E-state index in [0.717, 1.165) is 34.2 Å². The van der Waals surface area contributed by atoms with Crippen LogP contribution >= 0.6 is 0 Å². The lowest BCUT2D eigenvalue weighted by atomic mass is 9.97. The zero-order chi connectivity index (χ0) is 19.1. The van der Waals surface area contributed by atoms with Gasteiger partial charge in [-0.25, -0.2) is 4.98 Å². The van der Waals surface area contributed by atoms with Crippen molar-refractivity contribution in [2.75, 3.05) is 11.9 Å². The Morgan fingerprint density at radius 1 is 1.31 bits per heavy atom. The van der Waals surface area contributed by atoms with E-state index in [1.165, 1.54) is 0 Å². The van der Waals surface area contributed by atoms with Gasteiger partial charge in [0.2, 0.25) is 0 Å². The van der Waals surface area contributed by atoms with Crippen molar-refractivity contribution in [3.05, 3.63) is 46.7 Å². The van der Waals surface area contributed by atoms with Gasteiger partial charge in [-0.1, -0.05) is 32.4 Å². The monoisotopic (exact) mass is 355 g/mol. The van der Waals surface area contributed by atoms with Crippen LogP contribution in [0.4, 0.5) is 5.69 Å². The maximum absolute atomic E-state index is 13.2. The molecule has 1 aromatic heterocycles. The minimum absolute atomic E-state index is 0.0443. The highest BCUT2D eigenvalue weighted by Crippen LogP contribution is 2.29. The lowest BCUT2D eigenvalue weighted by Crippen LogP contribution is -2.36. The number of fused-ring (bicyclic) bond motifs is 1. The molecule has 0 aliphatic carbocycles. The third-order valence-corrected chi connectivity index (χ3v) is 4.51. The molecule has 0 unspecified atom stereocenters. The fraction of sp³-hybridized carbons (Fsp3) is 0.524. The number of nitrogens with zero attached hydrogens (tertiary/aromatic N) is 2. The Morgan fingerprint density at radius 2 is 2.04 bits per heavy atom. The standard InChI is InChI=1S/C21H29N3O2/c1-13(2)22-16-8-7-14(3)11-15(16)19(25)24-10-9-18-17(12-24)23-20(26-18)21(4,5)6/h7-8,11,13,22H,9-10,12H2,1-6H3. The number of anilines is 1. The van der Waals surface area contributed by atoms with Crippen LogP contribution in [0.1, 0.15) is 67.9 Å². The number of aromatic nitrogens is 1. The molecule has 1 amide bonds. The number of aryl methyl sites for hydroxylation is 1. The third kappa shape index (κ3) is 3.76. The smallest absolute Gasteiger partial charge is 0.256 e. The van der Waals surface area contributed by atoms with E-state index in [1.807, 2.05) is 30.0 Å². The fourth-order valence-electron chi connectivity index (χ4n) is 3.13. The summed E-state index contributed by atoms with van der Waals surface area (Å²) in [5.41, 5.74) is 3.45. The number of oxazole rings is 1. The molecule has 5 heteroatoms. The van der Waals surface area contributed by atoms with Crippen molar-refractivity contribution in [2.45, 2.75) is 66.0 Å². The molecule has 0 atom stereocenters. The van der Waals surface area contributed by atoms with Gasteiger partial charge in [-0.3, -0.25) is 4.79 Å². The van der Waals surface area contributed by atoms with Gasteiger partial charge in [-0.15, -0.1) is 0 Å². The molecule has 26 heavy (non-hydrogen) atoms. The first kappa shape index (κ1) is 18.5. The zero-order valence-corrected chi connectivity index (χ0v) is 16.6. The van der Waals surface area contributed by atoms with Gasteiger partial charge in [0.05, 0.1) is 12.1 Å². The van der Waals surface area contributed by atoms with Crippen LogP contribution < -0.4 is 5.32 Å². The fourth-order valence-corrected chi connectivity index (χ4v) is 3.13. The normalized spacial score (nSPS) is 14.5. The molecule has 2 heterocycles. The first-order valence-corrected chi connectivity index (χ1v) is 9.30. The summed E-state index contributed by atoms with van der Waals surface area (Å²) in [6.45, 7) is 13.6. The van der Waals surface area contributed by atoms with Crippen LogP contribution in [0.25, 0.3) is 0 Å². The van der Waals surface area contributed by atoms with Gasteiger partial charge in [0.25, 0.3) is 5.91 Å². The van der Waals surface area contributed by atoms with E-state index < -0.39 is 0 Å². The van der Waals surface area contributed by atoms with Crippen molar-refractivity contribution in [1.29, 1.82) is 0 Å². The SMILES string of the molecule is Cc1ccc(NC(C)C)c(C(=O)N2CCc3oc(C(C)(C)C)nc3C2)c1. The highest BCUT2D eigenvalue weighted by Gasteiger charge is 2.30. The van der Waals surface area contributed by atoms with Gasteiger partial charge in [-0.2, -0.15) is 0 Å². The van der Waals surface area contributed by atoms with E-state index in [2.05, 4.69) is 44.9 Å². The summed E-state index contributed by atoms with van der Waals surface area (Å²) >= 11 is 0. The average molecular weight is 355 g/mol. The summed E-state index contributed by atoms with van der Waals surface area (Å²) in [5, 5.41) is 3.38. The molecule has 140 valence electrons. The summed E-state index contributed by atoms with van der Waals surface area (Å²) in [6.07, 6.45) is 0.711. The van der Waals surface area contributed by atoms with Gasteiger partial charge in [-0.05, 0) is 32.9 Å². The largest absolute Gasteiger partial charge is 0.445 e. The van der Waals surface area contributed by atoms with Crippen molar-refractivity contribution in [3.63, 3.8) is 0 Å². The van der Waals surface area contributed by atoms with Gasteiger partial charge in [0.1, 0.15) is 11.5 Å². The van der Waals surface area contributed by atoms with Gasteiger partial charge >= 0.3 is 0 Å².